The molecule has 32 heavy (non-hydrogen) atoms. The van der Waals surface area contributed by atoms with Crippen molar-refractivity contribution in [3.05, 3.63) is 65.6 Å². The molecule has 3 aromatic rings. The van der Waals surface area contributed by atoms with Crippen molar-refractivity contribution in [2.24, 2.45) is 5.73 Å². The van der Waals surface area contributed by atoms with Crippen LogP contribution in [0.25, 0.3) is 17.5 Å². The largest absolute Gasteiger partial charge is 0.493 e. The lowest BCUT2D eigenvalue weighted by Gasteiger charge is -2.10. The van der Waals surface area contributed by atoms with E-state index in [4.69, 9.17) is 24.4 Å². The summed E-state index contributed by atoms with van der Waals surface area (Å²) in [6, 6.07) is 12.6. The topological polar surface area (TPSA) is 127 Å². The molecule has 2 aromatic carbocycles. The number of amides is 1. The van der Waals surface area contributed by atoms with Crippen LogP contribution in [0.4, 0.5) is 0 Å². The van der Waals surface area contributed by atoms with Gasteiger partial charge in [-0.05, 0) is 49.8 Å². The second-order valence-corrected chi connectivity index (χ2v) is 6.89. The Morgan fingerprint density at radius 3 is 2.69 bits per heavy atom. The van der Waals surface area contributed by atoms with Gasteiger partial charge in [0.05, 0.1) is 7.11 Å². The summed E-state index contributed by atoms with van der Waals surface area (Å²) >= 11 is 0. The van der Waals surface area contributed by atoms with E-state index in [1.807, 2.05) is 31.2 Å². The Hall–Kier alpha value is -4.14. The Morgan fingerprint density at radius 2 is 1.97 bits per heavy atom. The summed E-state index contributed by atoms with van der Waals surface area (Å²) in [5.41, 5.74) is 7.60. The lowest BCUT2D eigenvalue weighted by molar-refractivity contribution is -0.143. The van der Waals surface area contributed by atoms with Crippen LogP contribution in [0.2, 0.25) is 0 Å². The molecule has 1 unspecified atom stereocenters. The number of carbonyl (C=O) groups excluding carboxylic acids is 2. The Bertz CT molecular complexity index is 1140. The van der Waals surface area contributed by atoms with Gasteiger partial charge in [-0.15, -0.1) is 10.2 Å². The fourth-order valence-electron chi connectivity index (χ4n) is 2.78. The summed E-state index contributed by atoms with van der Waals surface area (Å²) in [4.78, 5) is 23.1. The number of nitrogens with two attached hydrogens (primary N) is 1. The molecule has 0 spiro atoms. The van der Waals surface area contributed by atoms with Crippen molar-refractivity contribution in [3.8, 4) is 23.0 Å². The molecule has 0 aliphatic carbocycles. The number of hydrogen-bond acceptors (Lipinski definition) is 8. The number of primary amides is 1. The van der Waals surface area contributed by atoms with E-state index >= 15 is 0 Å². The molecule has 0 bridgehead atoms. The highest BCUT2D eigenvalue weighted by molar-refractivity contribution is 5.87. The summed E-state index contributed by atoms with van der Waals surface area (Å²) < 4.78 is 21.5. The molecule has 166 valence electrons. The molecule has 9 heteroatoms. The first-order chi connectivity index (χ1) is 15.4. The maximum Gasteiger partial charge on any atom is 0.331 e. The van der Waals surface area contributed by atoms with E-state index in [0.717, 1.165) is 11.1 Å². The minimum atomic E-state index is -0.725. The molecule has 1 atom stereocenters. The van der Waals surface area contributed by atoms with E-state index in [1.165, 1.54) is 13.2 Å². The smallest absolute Gasteiger partial charge is 0.331 e. The molecule has 2 N–H and O–H groups in total. The molecule has 0 aliphatic heterocycles. The van der Waals surface area contributed by atoms with Gasteiger partial charge >= 0.3 is 5.97 Å². The first-order valence-corrected chi connectivity index (χ1v) is 9.74. The van der Waals surface area contributed by atoms with Crippen LogP contribution in [0.15, 0.2) is 53.0 Å². The number of nitrogens with zero attached hydrogens (tertiary/aromatic N) is 2. The minimum Gasteiger partial charge on any atom is -0.493 e. The molecule has 3 rings (SSSR count). The number of rotatable bonds is 9. The number of hydrogen-bond donors (Lipinski definition) is 1. The number of esters is 1. The zero-order valence-corrected chi connectivity index (χ0v) is 17.9. The van der Waals surface area contributed by atoms with Crippen LogP contribution in [0, 0.1) is 6.92 Å². The Kier molecular flexibility index (Phi) is 7.22. The van der Waals surface area contributed by atoms with Crippen molar-refractivity contribution < 1.29 is 28.2 Å². The normalized spacial score (nSPS) is 11.8. The van der Waals surface area contributed by atoms with Gasteiger partial charge in [0, 0.05) is 11.6 Å². The van der Waals surface area contributed by atoms with Crippen LogP contribution in [0.3, 0.4) is 0 Å². The van der Waals surface area contributed by atoms with Crippen LogP contribution >= 0.6 is 0 Å². The Morgan fingerprint density at radius 1 is 1.16 bits per heavy atom. The van der Waals surface area contributed by atoms with Crippen LogP contribution in [-0.2, 0) is 14.3 Å². The molecule has 0 aliphatic rings. The van der Waals surface area contributed by atoms with Gasteiger partial charge in [0.2, 0.25) is 5.89 Å². The fraction of sp³-hybridized carbons (Fsp3) is 0.217. The van der Waals surface area contributed by atoms with Crippen molar-refractivity contribution in [3.63, 3.8) is 0 Å². The third-order valence-electron chi connectivity index (χ3n) is 4.32. The average Bonchev–Trinajstić information content (AvgIpc) is 3.27. The van der Waals surface area contributed by atoms with Gasteiger partial charge < -0.3 is 24.4 Å². The average molecular weight is 437 g/mol. The number of aromatic nitrogens is 2. The van der Waals surface area contributed by atoms with E-state index in [1.54, 1.807) is 31.2 Å². The third-order valence-corrected chi connectivity index (χ3v) is 4.32. The van der Waals surface area contributed by atoms with Crippen LogP contribution in [0.5, 0.6) is 11.5 Å². The Labute approximate surface area is 184 Å². The van der Waals surface area contributed by atoms with Crippen molar-refractivity contribution in [1.29, 1.82) is 0 Å². The maximum absolute atomic E-state index is 12.2. The quantitative estimate of drug-likeness (QED) is 0.399. The summed E-state index contributed by atoms with van der Waals surface area (Å²) in [5, 5.41) is 8.00. The third kappa shape index (κ3) is 5.94. The van der Waals surface area contributed by atoms with E-state index in [0.29, 0.717) is 23.0 Å². The molecule has 0 fully saturated rings. The Balaban J connectivity index is 1.62. The molecule has 0 saturated carbocycles. The zero-order valence-electron chi connectivity index (χ0n) is 17.9. The van der Waals surface area contributed by atoms with E-state index in [9.17, 15) is 9.59 Å². The lowest BCUT2D eigenvalue weighted by Crippen LogP contribution is -2.20. The molecular weight excluding hydrogens is 414 g/mol. The number of benzene rings is 2. The molecule has 0 radical (unpaired) electrons. The standard InChI is InChI=1S/C23H23N3O6/c1-14-5-4-6-17(11-14)23-26-25-22(32-23)15(2)31-21(28)10-8-16-7-9-18(19(12-16)29-3)30-13-20(24)27/h4-12,15H,13H2,1-3H3,(H2,24,27)/b10-8+. The first kappa shape index (κ1) is 22.5. The second-order valence-electron chi connectivity index (χ2n) is 6.89. The number of ether oxygens (including phenoxy) is 3. The molecule has 1 aromatic heterocycles. The van der Waals surface area contributed by atoms with Crippen molar-refractivity contribution in [2.45, 2.75) is 20.0 Å². The van der Waals surface area contributed by atoms with Gasteiger partial charge in [-0.1, -0.05) is 23.8 Å². The monoisotopic (exact) mass is 437 g/mol. The fourth-order valence-corrected chi connectivity index (χ4v) is 2.78. The van der Waals surface area contributed by atoms with Gasteiger partial charge in [-0.3, -0.25) is 4.79 Å². The lowest BCUT2D eigenvalue weighted by atomic mass is 10.1. The molecular formula is C23H23N3O6. The predicted octanol–water partition coefficient (Wildman–Crippen LogP) is 3.24. The minimum absolute atomic E-state index is 0.195. The predicted molar refractivity (Wildman–Crippen MR) is 116 cm³/mol. The van der Waals surface area contributed by atoms with Crippen molar-refractivity contribution in [1.82, 2.24) is 10.2 Å². The van der Waals surface area contributed by atoms with E-state index < -0.39 is 18.0 Å². The van der Waals surface area contributed by atoms with Gasteiger partial charge in [0.15, 0.2) is 24.2 Å². The number of carbonyl (C=O) groups is 2. The summed E-state index contributed by atoms with van der Waals surface area (Å²) in [6.45, 7) is 3.35. The molecule has 9 nitrogen and oxygen atoms in total. The highest BCUT2D eigenvalue weighted by Crippen LogP contribution is 2.28. The SMILES string of the molecule is COc1cc(/C=C/C(=O)OC(C)c2nnc(-c3cccc(C)c3)o2)ccc1OCC(N)=O. The van der Waals surface area contributed by atoms with Crippen molar-refractivity contribution in [2.75, 3.05) is 13.7 Å². The van der Waals surface area contributed by atoms with Gasteiger partial charge in [0.1, 0.15) is 0 Å². The molecule has 1 heterocycles. The zero-order chi connectivity index (χ0) is 23.1. The van der Waals surface area contributed by atoms with Crippen LogP contribution < -0.4 is 15.2 Å². The summed E-state index contributed by atoms with van der Waals surface area (Å²) in [5.74, 6) is 0.125. The van der Waals surface area contributed by atoms with Gasteiger partial charge in [-0.25, -0.2) is 4.79 Å². The van der Waals surface area contributed by atoms with E-state index in [2.05, 4.69) is 10.2 Å². The summed E-state index contributed by atoms with van der Waals surface area (Å²) in [7, 11) is 1.46. The summed E-state index contributed by atoms with van der Waals surface area (Å²) in [6.07, 6.45) is 2.10. The highest BCUT2D eigenvalue weighted by Gasteiger charge is 2.18. The number of aryl methyl sites for hydroxylation is 1. The van der Waals surface area contributed by atoms with E-state index in [-0.39, 0.29) is 12.5 Å². The molecule has 0 saturated heterocycles. The van der Waals surface area contributed by atoms with Crippen LogP contribution in [-0.4, -0.2) is 35.8 Å². The second kappa shape index (κ2) is 10.3. The maximum atomic E-state index is 12.2. The van der Waals surface area contributed by atoms with Gasteiger partial charge in [-0.2, -0.15) is 0 Å². The number of methoxy groups -OCH3 is 1. The molecule has 1 amide bonds. The highest BCUT2D eigenvalue weighted by atomic mass is 16.6. The first-order valence-electron chi connectivity index (χ1n) is 9.74. The van der Waals surface area contributed by atoms with Crippen LogP contribution in [0.1, 0.15) is 30.0 Å². The van der Waals surface area contributed by atoms with Gasteiger partial charge in [0.25, 0.3) is 11.8 Å². The van der Waals surface area contributed by atoms with Crippen molar-refractivity contribution >= 4 is 18.0 Å².